The number of para-hydroxylation sites is 4. The van der Waals surface area contributed by atoms with Crippen molar-refractivity contribution < 1.29 is 9.13 Å². The summed E-state index contributed by atoms with van der Waals surface area (Å²) >= 11 is 0. The summed E-state index contributed by atoms with van der Waals surface area (Å²) in [5.74, 6) is 2.42. The number of rotatable bonds is 6. The lowest BCUT2D eigenvalue weighted by molar-refractivity contribution is 0.402. The molecule has 0 radical (unpaired) electrons. The lowest BCUT2D eigenvalue weighted by Gasteiger charge is -2.39. The van der Waals surface area contributed by atoms with Crippen LogP contribution in [-0.4, -0.2) is 27.2 Å². The maximum atomic E-state index is 16.9. The molecule has 0 fully saturated rings. The molecule has 0 spiro atoms. The molecule has 0 N–H and O–H groups in total. The van der Waals surface area contributed by atoms with Gasteiger partial charge in [0.05, 0.1) is 22.7 Å². The first kappa shape index (κ1) is 33.3. The number of alkyl halides is 1. The minimum atomic E-state index is -3.01. The molecule has 0 saturated carbocycles. The van der Waals surface area contributed by atoms with Crippen molar-refractivity contribution in [3.8, 4) is 28.6 Å². The molecule has 7 aromatic carbocycles. The third-order valence-electron chi connectivity index (χ3n) is 11.6. The molecule has 5 nitrogen and oxygen atoms in total. The summed E-state index contributed by atoms with van der Waals surface area (Å²) in [6.45, 7) is 0. The highest BCUT2D eigenvalue weighted by Gasteiger charge is 2.49. The van der Waals surface area contributed by atoms with Crippen molar-refractivity contribution in [2.45, 2.75) is 6.17 Å². The van der Waals surface area contributed by atoms with Crippen LogP contribution in [0.3, 0.4) is 0 Å². The van der Waals surface area contributed by atoms with Crippen molar-refractivity contribution in [3.05, 3.63) is 199 Å². The normalized spacial score (nSPS) is 13.6. The number of aryl methyl sites for hydroxylation is 1. The van der Waals surface area contributed by atoms with E-state index in [1.807, 2.05) is 86.0 Å². The van der Waals surface area contributed by atoms with Crippen molar-refractivity contribution in [2.75, 3.05) is 0 Å². The minimum Gasteiger partial charge on any atom is -0.456 e. The Hall–Kier alpha value is -7.09. The zero-order chi connectivity index (χ0) is 38.1. The number of aromatic nitrogens is 4. The molecule has 0 amide bonds. The van der Waals surface area contributed by atoms with Crippen LogP contribution >= 0.6 is 0 Å². The fraction of sp³-hybridized carbons (Fsp3) is 0.0400. The molecule has 1 aliphatic heterocycles. The van der Waals surface area contributed by atoms with Gasteiger partial charge in [-0.05, 0) is 69.2 Å². The number of imidazole rings is 1. The van der Waals surface area contributed by atoms with E-state index >= 15 is 4.39 Å². The molecule has 4 heterocycles. The Bertz CT molecular complexity index is 3120. The number of pyridine rings is 1. The summed E-state index contributed by atoms with van der Waals surface area (Å²) in [5.41, 5.74) is 6.59. The summed E-state index contributed by atoms with van der Waals surface area (Å²) in [6.07, 6.45) is 0.528. The number of hydrogen-bond acceptors (Lipinski definition) is 3. The smallest absolute Gasteiger partial charge is 0.189 e. The van der Waals surface area contributed by atoms with Gasteiger partial charge in [0, 0.05) is 34.3 Å². The molecule has 10 aromatic rings. The summed E-state index contributed by atoms with van der Waals surface area (Å²) in [6, 6.07) is 62.3. The molecule has 57 heavy (non-hydrogen) atoms. The van der Waals surface area contributed by atoms with E-state index in [-0.39, 0.29) is 0 Å². The quantitative estimate of drug-likeness (QED) is 0.159. The van der Waals surface area contributed by atoms with Gasteiger partial charge in [-0.1, -0.05) is 140 Å². The maximum absolute atomic E-state index is 16.9. The van der Waals surface area contributed by atoms with Gasteiger partial charge in [0.25, 0.3) is 0 Å². The Morgan fingerprint density at radius 1 is 0.614 bits per heavy atom. The van der Waals surface area contributed by atoms with Gasteiger partial charge < -0.3 is 9.30 Å². The highest BCUT2D eigenvalue weighted by Crippen LogP contribution is 2.38. The van der Waals surface area contributed by atoms with Gasteiger partial charge in [-0.15, -0.1) is 0 Å². The van der Waals surface area contributed by atoms with E-state index in [1.54, 1.807) is 0 Å². The second kappa shape index (κ2) is 13.0. The standard InChI is InChI=1S/C50H35FN4OSi/c1-54-42-27-11-9-25-40(42)53-49(54)35-18-14-16-33(30-35)47(51)34-17-15-19-36(31-34)55-41-26-10-8-24-39(41)46-48-44(32-52-50(46)55)56-43-28-12-13-29-45(43)57(48,37-20-4-2-5-21-37)38-22-6-3-7-23-38/h2-32,47H,1H3. The van der Waals surface area contributed by atoms with Crippen LogP contribution in [0.25, 0.3) is 50.0 Å². The van der Waals surface area contributed by atoms with Crippen molar-refractivity contribution in [1.29, 1.82) is 0 Å². The number of ether oxygens (including phenoxy) is 1. The predicted octanol–water partition coefficient (Wildman–Crippen LogP) is 9.27. The van der Waals surface area contributed by atoms with Gasteiger partial charge in [-0.3, -0.25) is 4.57 Å². The van der Waals surface area contributed by atoms with E-state index in [9.17, 15) is 0 Å². The third-order valence-corrected chi connectivity index (χ3v) is 16.5. The number of fused-ring (bicyclic) bond motifs is 7. The first-order valence-corrected chi connectivity index (χ1v) is 21.2. The van der Waals surface area contributed by atoms with Crippen LogP contribution in [0.4, 0.5) is 4.39 Å². The van der Waals surface area contributed by atoms with Gasteiger partial charge in [-0.2, -0.15) is 0 Å². The fourth-order valence-corrected chi connectivity index (χ4v) is 14.3. The molecular formula is C50H35FN4OSi. The monoisotopic (exact) mass is 754 g/mol. The Morgan fingerprint density at radius 2 is 1.26 bits per heavy atom. The highest BCUT2D eigenvalue weighted by atomic mass is 28.3. The average molecular weight is 755 g/mol. The van der Waals surface area contributed by atoms with Crippen LogP contribution in [0.1, 0.15) is 17.3 Å². The van der Waals surface area contributed by atoms with Gasteiger partial charge in [-0.25, -0.2) is 14.4 Å². The van der Waals surface area contributed by atoms with Crippen LogP contribution in [0, 0.1) is 0 Å². The van der Waals surface area contributed by atoms with Crippen LogP contribution in [0.15, 0.2) is 188 Å². The molecule has 7 heteroatoms. The third kappa shape index (κ3) is 4.99. The number of benzene rings is 7. The van der Waals surface area contributed by atoms with Gasteiger partial charge in [0.1, 0.15) is 23.0 Å². The van der Waals surface area contributed by atoms with Crippen molar-refractivity contribution in [3.63, 3.8) is 0 Å². The van der Waals surface area contributed by atoms with Gasteiger partial charge in [0.15, 0.2) is 14.2 Å². The minimum absolute atomic E-state index is 0.563. The molecule has 272 valence electrons. The van der Waals surface area contributed by atoms with E-state index < -0.39 is 14.2 Å². The molecule has 1 unspecified atom stereocenters. The van der Waals surface area contributed by atoms with E-state index in [4.69, 9.17) is 14.7 Å². The Kier molecular flexibility index (Phi) is 7.59. The van der Waals surface area contributed by atoms with E-state index in [0.29, 0.717) is 11.1 Å². The lowest BCUT2D eigenvalue weighted by Crippen LogP contribution is -2.76. The summed E-state index contributed by atoms with van der Waals surface area (Å²) in [7, 11) is -1.01. The lowest BCUT2D eigenvalue weighted by atomic mass is 10.00. The molecule has 0 aliphatic carbocycles. The fourth-order valence-electron chi connectivity index (χ4n) is 9.13. The highest BCUT2D eigenvalue weighted by molar-refractivity contribution is 7.21. The van der Waals surface area contributed by atoms with Gasteiger partial charge in [0.2, 0.25) is 0 Å². The van der Waals surface area contributed by atoms with Crippen molar-refractivity contribution in [1.82, 2.24) is 19.1 Å². The summed E-state index contributed by atoms with van der Waals surface area (Å²) < 4.78 is 28.0. The SMILES string of the molecule is Cn1c(-c2cccc(C(F)c3cccc(-n4c5ccccc5c5c6c(cnc54)Oc4ccccc4[Si]6(c4ccccc4)c4ccccc4)c3)c2)nc2ccccc21. The Balaban J connectivity index is 1.12. The second-order valence-corrected chi connectivity index (χ2v) is 18.4. The van der Waals surface area contributed by atoms with E-state index in [0.717, 1.165) is 66.7 Å². The average Bonchev–Trinajstić information content (AvgIpc) is 3.80. The maximum Gasteiger partial charge on any atom is 0.189 e. The first-order valence-electron chi connectivity index (χ1n) is 19.2. The molecule has 11 rings (SSSR count). The predicted molar refractivity (Wildman–Crippen MR) is 231 cm³/mol. The second-order valence-electron chi connectivity index (χ2n) is 14.7. The van der Waals surface area contributed by atoms with Crippen LogP contribution in [0.2, 0.25) is 0 Å². The van der Waals surface area contributed by atoms with E-state index in [2.05, 4.69) is 118 Å². The summed E-state index contributed by atoms with van der Waals surface area (Å²) in [5, 5.41) is 7.01. The Morgan fingerprint density at radius 3 is 2.04 bits per heavy atom. The molecular weight excluding hydrogens is 720 g/mol. The molecule has 3 aromatic heterocycles. The zero-order valence-corrected chi connectivity index (χ0v) is 32.1. The number of nitrogens with zero attached hydrogens (tertiary/aromatic N) is 4. The van der Waals surface area contributed by atoms with Crippen molar-refractivity contribution in [2.24, 2.45) is 7.05 Å². The van der Waals surface area contributed by atoms with Crippen LogP contribution in [-0.2, 0) is 7.05 Å². The molecule has 0 saturated heterocycles. The van der Waals surface area contributed by atoms with E-state index in [1.165, 1.54) is 15.6 Å². The first-order chi connectivity index (χ1) is 28.1. The number of hydrogen-bond donors (Lipinski definition) is 0. The van der Waals surface area contributed by atoms with Gasteiger partial charge >= 0.3 is 0 Å². The number of halogens is 1. The largest absolute Gasteiger partial charge is 0.456 e. The van der Waals surface area contributed by atoms with Crippen molar-refractivity contribution >= 4 is 61.8 Å². The molecule has 1 aliphatic rings. The summed E-state index contributed by atoms with van der Waals surface area (Å²) in [4.78, 5) is 10.1. The molecule has 1 atom stereocenters. The Labute approximate surface area is 329 Å². The van der Waals surface area contributed by atoms with Crippen LogP contribution < -0.4 is 25.5 Å². The zero-order valence-electron chi connectivity index (χ0n) is 31.1. The van der Waals surface area contributed by atoms with Crippen LogP contribution in [0.5, 0.6) is 11.5 Å². The topological polar surface area (TPSA) is 44.9 Å². The molecule has 0 bridgehead atoms.